The van der Waals surface area contributed by atoms with E-state index in [-0.39, 0.29) is 5.88 Å². The van der Waals surface area contributed by atoms with Crippen LogP contribution in [0.5, 0.6) is 11.6 Å². The minimum atomic E-state index is 0.272. The van der Waals surface area contributed by atoms with Gasteiger partial charge in [0.05, 0.1) is 20.3 Å². The van der Waals surface area contributed by atoms with E-state index in [2.05, 4.69) is 0 Å². The zero-order chi connectivity index (χ0) is 9.14. The average molecular weight is 169 g/mol. The average Bonchev–Trinajstić information content (AvgIpc) is 2.10. The summed E-state index contributed by atoms with van der Waals surface area (Å²) in [6.45, 7) is 1.67. The van der Waals surface area contributed by atoms with Crippen molar-refractivity contribution >= 4 is 0 Å². The van der Waals surface area contributed by atoms with Crippen LogP contribution in [0, 0.1) is 12.1 Å². The fourth-order valence-electron chi connectivity index (χ4n) is 0.967. The number of hydrogen-bond donors (Lipinski definition) is 0. The van der Waals surface area contributed by atoms with Crippen LogP contribution in [0.15, 0.2) is 12.1 Å². The normalized spacial score (nSPS) is 9.58. The SMILES string of the molecule is COc1ccc(OC)[n+]([O-])c1C. The smallest absolute Gasteiger partial charge is 0.379 e. The molecule has 0 aromatic carbocycles. The molecule has 12 heavy (non-hydrogen) atoms. The highest BCUT2D eigenvalue weighted by Gasteiger charge is 2.12. The summed E-state index contributed by atoms with van der Waals surface area (Å²) < 4.78 is 10.5. The van der Waals surface area contributed by atoms with Crippen molar-refractivity contribution in [2.45, 2.75) is 6.92 Å². The molecule has 0 aliphatic rings. The molecule has 0 saturated carbocycles. The highest BCUT2D eigenvalue weighted by molar-refractivity contribution is 5.25. The Morgan fingerprint density at radius 2 is 1.92 bits per heavy atom. The Labute approximate surface area is 70.9 Å². The lowest BCUT2D eigenvalue weighted by Crippen LogP contribution is -2.32. The standard InChI is InChI=1S/C8H11NO3/c1-6-7(11-2)4-5-8(12-3)9(6)10/h4-5H,1-3H3. The number of rotatable bonds is 2. The van der Waals surface area contributed by atoms with Crippen LogP contribution in [0.2, 0.25) is 0 Å². The van der Waals surface area contributed by atoms with Crippen molar-refractivity contribution in [3.63, 3.8) is 0 Å². The fourth-order valence-corrected chi connectivity index (χ4v) is 0.967. The van der Waals surface area contributed by atoms with E-state index in [1.165, 1.54) is 14.2 Å². The Hall–Kier alpha value is -1.45. The third-order valence-electron chi connectivity index (χ3n) is 1.67. The molecule has 0 N–H and O–H groups in total. The molecule has 4 nitrogen and oxygen atoms in total. The lowest BCUT2D eigenvalue weighted by atomic mass is 10.3. The minimum absolute atomic E-state index is 0.272. The summed E-state index contributed by atoms with van der Waals surface area (Å²) in [6.07, 6.45) is 0. The maximum atomic E-state index is 11.3. The van der Waals surface area contributed by atoms with E-state index >= 15 is 0 Å². The Balaban J connectivity index is 3.20. The highest BCUT2D eigenvalue weighted by atomic mass is 16.5. The number of pyridine rings is 1. The quantitative estimate of drug-likeness (QED) is 0.482. The van der Waals surface area contributed by atoms with Gasteiger partial charge in [-0.3, -0.25) is 0 Å². The monoisotopic (exact) mass is 169 g/mol. The van der Waals surface area contributed by atoms with Crippen molar-refractivity contribution in [2.24, 2.45) is 0 Å². The number of methoxy groups -OCH3 is 2. The van der Waals surface area contributed by atoms with Crippen LogP contribution in [0.3, 0.4) is 0 Å². The van der Waals surface area contributed by atoms with Crippen LogP contribution in [0.4, 0.5) is 0 Å². The van der Waals surface area contributed by atoms with Gasteiger partial charge < -0.3 is 14.7 Å². The zero-order valence-corrected chi connectivity index (χ0v) is 7.33. The molecule has 0 aliphatic heterocycles. The van der Waals surface area contributed by atoms with E-state index in [0.29, 0.717) is 16.2 Å². The second-order valence-electron chi connectivity index (χ2n) is 2.32. The molecule has 0 aliphatic carbocycles. The van der Waals surface area contributed by atoms with Crippen molar-refractivity contribution in [1.29, 1.82) is 0 Å². The molecular formula is C8H11NO3. The summed E-state index contributed by atoms with van der Waals surface area (Å²) in [5, 5.41) is 11.3. The lowest BCUT2D eigenvalue weighted by Gasteiger charge is -2.07. The molecule has 0 bridgehead atoms. The molecular weight excluding hydrogens is 158 g/mol. The minimum Gasteiger partial charge on any atom is -0.616 e. The number of ether oxygens (including phenoxy) is 2. The summed E-state index contributed by atoms with van der Waals surface area (Å²) in [5.74, 6) is 0.833. The fraction of sp³-hybridized carbons (Fsp3) is 0.375. The molecule has 0 atom stereocenters. The van der Waals surface area contributed by atoms with Gasteiger partial charge in [0, 0.05) is 6.92 Å². The molecule has 1 aromatic heterocycles. The van der Waals surface area contributed by atoms with E-state index in [0.717, 1.165) is 0 Å². The van der Waals surface area contributed by atoms with Crippen molar-refractivity contribution in [1.82, 2.24) is 0 Å². The third kappa shape index (κ3) is 1.28. The van der Waals surface area contributed by atoms with E-state index in [9.17, 15) is 5.21 Å². The predicted molar refractivity (Wildman–Crippen MR) is 43.2 cm³/mol. The molecule has 1 aromatic rings. The highest BCUT2D eigenvalue weighted by Crippen LogP contribution is 2.16. The predicted octanol–water partition coefficient (Wildman–Crippen LogP) is 0.646. The van der Waals surface area contributed by atoms with Gasteiger partial charge >= 0.3 is 5.88 Å². The Bertz CT molecular complexity index is 257. The maximum Gasteiger partial charge on any atom is 0.379 e. The first-order chi connectivity index (χ1) is 5.70. The van der Waals surface area contributed by atoms with E-state index in [4.69, 9.17) is 9.47 Å². The van der Waals surface area contributed by atoms with E-state index in [1.54, 1.807) is 19.1 Å². The summed E-state index contributed by atoms with van der Waals surface area (Å²) in [4.78, 5) is 0. The second kappa shape index (κ2) is 3.30. The van der Waals surface area contributed by atoms with Crippen molar-refractivity contribution < 1.29 is 14.2 Å². The van der Waals surface area contributed by atoms with Gasteiger partial charge in [-0.15, -0.1) is 4.73 Å². The molecule has 1 heterocycles. The van der Waals surface area contributed by atoms with Crippen LogP contribution < -0.4 is 14.2 Å². The summed E-state index contributed by atoms with van der Waals surface area (Å²) in [7, 11) is 2.98. The Kier molecular flexibility index (Phi) is 2.38. The summed E-state index contributed by atoms with van der Waals surface area (Å²) in [5.41, 5.74) is 0.497. The molecule has 66 valence electrons. The topological polar surface area (TPSA) is 45.4 Å². The zero-order valence-electron chi connectivity index (χ0n) is 7.33. The first-order valence-electron chi connectivity index (χ1n) is 3.52. The van der Waals surface area contributed by atoms with Crippen LogP contribution >= 0.6 is 0 Å². The maximum absolute atomic E-state index is 11.3. The van der Waals surface area contributed by atoms with Crippen molar-refractivity contribution in [2.75, 3.05) is 14.2 Å². The Morgan fingerprint density at radius 3 is 2.42 bits per heavy atom. The van der Waals surface area contributed by atoms with Crippen molar-refractivity contribution in [3.8, 4) is 11.6 Å². The largest absolute Gasteiger partial charge is 0.616 e. The van der Waals surface area contributed by atoms with Gasteiger partial charge in [0.15, 0.2) is 5.75 Å². The van der Waals surface area contributed by atoms with Crippen LogP contribution in [0.1, 0.15) is 5.69 Å². The second-order valence-corrected chi connectivity index (χ2v) is 2.32. The van der Waals surface area contributed by atoms with Crippen LogP contribution in [-0.4, -0.2) is 14.2 Å². The first-order valence-corrected chi connectivity index (χ1v) is 3.52. The van der Waals surface area contributed by atoms with Crippen molar-refractivity contribution in [3.05, 3.63) is 23.0 Å². The van der Waals surface area contributed by atoms with Crippen LogP contribution in [-0.2, 0) is 0 Å². The molecule has 0 saturated heterocycles. The van der Waals surface area contributed by atoms with Gasteiger partial charge in [0.2, 0.25) is 5.69 Å². The molecule has 0 amide bonds. The molecule has 0 radical (unpaired) electrons. The van der Waals surface area contributed by atoms with Crippen LogP contribution in [0.25, 0.3) is 0 Å². The lowest BCUT2D eigenvalue weighted by molar-refractivity contribution is -0.619. The van der Waals surface area contributed by atoms with Gasteiger partial charge in [-0.05, 0) is 6.07 Å². The third-order valence-corrected chi connectivity index (χ3v) is 1.67. The number of aromatic nitrogens is 1. The number of nitrogens with zero attached hydrogens (tertiary/aromatic N) is 1. The molecule has 0 fully saturated rings. The van der Waals surface area contributed by atoms with E-state index in [1.807, 2.05) is 0 Å². The van der Waals surface area contributed by atoms with Gasteiger partial charge in [-0.25, -0.2) is 0 Å². The molecule has 0 unspecified atom stereocenters. The Morgan fingerprint density at radius 1 is 1.25 bits per heavy atom. The summed E-state index contributed by atoms with van der Waals surface area (Å²) >= 11 is 0. The number of hydrogen-bond acceptors (Lipinski definition) is 3. The van der Waals surface area contributed by atoms with Gasteiger partial charge in [-0.2, -0.15) is 0 Å². The van der Waals surface area contributed by atoms with Gasteiger partial charge in [0.1, 0.15) is 0 Å². The molecule has 4 heteroatoms. The molecule has 1 rings (SSSR count). The first kappa shape index (κ1) is 8.64. The molecule has 0 spiro atoms. The van der Waals surface area contributed by atoms with Gasteiger partial charge in [-0.1, -0.05) is 0 Å². The van der Waals surface area contributed by atoms with E-state index < -0.39 is 0 Å². The van der Waals surface area contributed by atoms with Gasteiger partial charge in [0.25, 0.3) is 0 Å². The summed E-state index contributed by atoms with van der Waals surface area (Å²) in [6, 6.07) is 3.27.